The Kier molecular flexibility index (Phi) is 5.73. The zero-order valence-electron chi connectivity index (χ0n) is 9.08. The Bertz CT molecular complexity index is 291. The van der Waals surface area contributed by atoms with Crippen LogP contribution in [0.25, 0.3) is 0 Å². The molecule has 1 unspecified atom stereocenters. The lowest BCUT2D eigenvalue weighted by molar-refractivity contribution is 0.625. The molecule has 0 saturated carbocycles. The van der Waals surface area contributed by atoms with E-state index in [1.54, 1.807) is 12.1 Å². The van der Waals surface area contributed by atoms with Gasteiger partial charge >= 0.3 is 0 Å². The number of rotatable bonds is 6. The maximum atomic E-state index is 13.0. The third-order valence-corrected chi connectivity index (χ3v) is 3.64. The molecule has 0 saturated heterocycles. The molecule has 1 aromatic carbocycles. The van der Waals surface area contributed by atoms with Gasteiger partial charge in [0.1, 0.15) is 5.82 Å². The molecule has 84 valence electrons. The molecule has 0 bridgehead atoms. The van der Waals surface area contributed by atoms with E-state index in [-0.39, 0.29) is 11.1 Å². The summed E-state index contributed by atoms with van der Waals surface area (Å²) >= 11 is 1.82. The van der Waals surface area contributed by atoms with E-state index in [0.29, 0.717) is 6.54 Å². The highest BCUT2D eigenvalue weighted by Crippen LogP contribution is 2.28. The molecule has 0 amide bonds. The predicted molar refractivity (Wildman–Crippen MR) is 65.6 cm³/mol. The summed E-state index contributed by atoms with van der Waals surface area (Å²) in [7, 11) is 0. The molecule has 0 heterocycles. The molecule has 15 heavy (non-hydrogen) atoms. The molecule has 0 spiro atoms. The number of benzene rings is 1. The lowest BCUT2D eigenvalue weighted by Gasteiger charge is -2.14. The first-order chi connectivity index (χ1) is 7.27. The fourth-order valence-corrected chi connectivity index (χ4v) is 2.59. The van der Waals surface area contributed by atoms with E-state index in [4.69, 9.17) is 5.73 Å². The first kappa shape index (κ1) is 12.5. The first-order valence-corrected chi connectivity index (χ1v) is 6.40. The molecule has 3 heteroatoms. The van der Waals surface area contributed by atoms with Crippen molar-refractivity contribution in [2.75, 3.05) is 12.3 Å². The minimum atomic E-state index is -0.179. The monoisotopic (exact) mass is 227 g/mol. The molecule has 0 aliphatic rings. The minimum Gasteiger partial charge on any atom is -0.329 e. The topological polar surface area (TPSA) is 26.0 Å². The van der Waals surface area contributed by atoms with Crippen LogP contribution >= 0.6 is 11.8 Å². The molecule has 1 atom stereocenters. The van der Waals surface area contributed by atoms with E-state index in [1.807, 2.05) is 17.8 Å². The quantitative estimate of drug-likeness (QED) is 0.754. The van der Waals surface area contributed by atoms with Gasteiger partial charge in [0.2, 0.25) is 0 Å². The van der Waals surface area contributed by atoms with Gasteiger partial charge in [-0.25, -0.2) is 4.39 Å². The molecular weight excluding hydrogens is 209 g/mol. The van der Waals surface area contributed by atoms with Gasteiger partial charge in [0.25, 0.3) is 0 Å². The largest absolute Gasteiger partial charge is 0.329 e. The van der Waals surface area contributed by atoms with Gasteiger partial charge in [-0.1, -0.05) is 25.5 Å². The van der Waals surface area contributed by atoms with Gasteiger partial charge < -0.3 is 5.73 Å². The predicted octanol–water partition coefficient (Wildman–Crippen LogP) is 3.36. The van der Waals surface area contributed by atoms with E-state index in [1.165, 1.54) is 18.9 Å². The maximum Gasteiger partial charge on any atom is 0.123 e. The van der Waals surface area contributed by atoms with Crippen LogP contribution in [-0.2, 0) is 0 Å². The van der Waals surface area contributed by atoms with Crippen LogP contribution in [0, 0.1) is 5.82 Å². The highest BCUT2D eigenvalue weighted by Gasteiger charge is 2.10. The third kappa shape index (κ3) is 4.22. The summed E-state index contributed by atoms with van der Waals surface area (Å²) in [5, 5.41) is 0.229. The van der Waals surface area contributed by atoms with Gasteiger partial charge in [0.15, 0.2) is 0 Å². The normalized spacial score (nSPS) is 12.7. The number of unbranched alkanes of at least 4 members (excludes halogenated alkanes) is 1. The molecule has 0 aromatic heterocycles. The van der Waals surface area contributed by atoms with Crippen LogP contribution < -0.4 is 5.73 Å². The highest BCUT2D eigenvalue weighted by atomic mass is 32.2. The number of hydrogen-bond acceptors (Lipinski definition) is 2. The molecule has 1 aromatic rings. The van der Waals surface area contributed by atoms with Crippen LogP contribution in [0.5, 0.6) is 0 Å². The molecule has 0 radical (unpaired) electrons. The number of hydrogen-bond donors (Lipinski definition) is 1. The van der Waals surface area contributed by atoms with E-state index in [0.717, 1.165) is 11.3 Å². The van der Waals surface area contributed by atoms with Crippen molar-refractivity contribution in [3.8, 4) is 0 Å². The SMILES string of the molecule is CCCCSC(CN)c1cccc(F)c1. The zero-order valence-corrected chi connectivity index (χ0v) is 9.90. The average Bonchev–Trinajstić information content (AvgIpc) is 2.24. The van der Waals surface area contributed by atoms with Crippen molar-refractivity contribution >= 4 is 11.8 Å². The Morgan fingerprint density at radius 1 is 1.47 bits per heavy atom. The van der Waals surface area contributed by atoms with E-state index < -0.39 is 0 Å². The van der Waals surface area contributed by atoms with Crippen molar-refractivity contribution in [3.63, 3.8) is 0 Å². The van der Waals surface area contributed by atoms with E-state index in [2.05, 4.69) is 6.92 Å². The third-order valence-electron chi connectivity index (χ3n) is 2.25. The van der Waals surface area contributed by atoms with Crippen molar-refractivity contribution in [2.45, 2.75) is 25.0 Å². The van der Waals surface area contributed by atoms with Gasteiger partial charge in [0, 0.05) is 11.8 Å². The Balaban J connectivity index is 2.57. The average molecular weight is 227 g/mol. The second kappa shape index (κ2) is 6.85. The summed E-state index contributed by atoms with van der Waals surface area (Å²) in [6.45, 7) is 2.73. The zero-order chi connectivity index (χ0) is 11.1. The van der Waals surface area contributed by atoms with Crippen molar-refractivity contribution in [2.24, 2.45) is 5.73 Å². The van der Waals surface area contributed by atoms with Crippen LogP contribution in [0.1, 0.15) is 30.6 Å². The molecule has 0 aliphatic carbocycles. The molecule has 0 fully saturated rings. The van der Waals surface area contributed by atoms with Crippen LogP contribution in [0.3, 0.4) is 0 Å². The molecular formula is C12H18FNS. The lowest BCUT2D eigenvalue weighted by atomic mass is 10.1. The molecule has 1 nitrogen and oxygen atoms in total. The van der Waals surface area contributed by atoms with Gasteiger partial charge in [-0.15, -0.1) is 0 Å². The van der Waals surface area contributed by atoms with Crippen LogP contribution in [0.2, 0.25) is 0 Å². The van der Waals surface area contributed by atoms with Crippen molar-refractivity contribution in [1.29, 1.82) is 0 Å². The van der Waals surface area contributed by atoms with Crippen LogP contribution in [0.4, 0.5) is 4.39 Å². The van der Waals surface area contributed by atoms with Crippen molar-refractivity contribution in [3.05, 3.63) is 35.6 Å². The smallest absolute Gasteiger partial charge is 0.123 e. The first-order valence-electron chi connectivity index (χ1n) is 5.35. The number of thioether (sulfide) groups is 1. The standard InChI is InChI=1S/C12H18FNS/c1-2-3-7-15-12(9-14)10-5-4-6-11(13)8-10/h4-6,8,12H,2-3,7,9,14H2,1H3. The summed E-state index contributed by atoms with van der Waals surface area (Å²) in [6.07, 6.45) is 2.38. The summed E-state index contributed by atoms with van der Waals surface area (Å²) in [5.41, 5.74) is 6.69. The summed E-state index contributed by atoms with van der Waals surface area (Å²) in [4.78, 5) is 0. The molecule has 2 N–H and O–H groups in total. The molecule has 0 aliphatic heterocycles. The number of nitrogens with two attached hydrogens (primary N) is 1. The van der Waals surface area contributed by atoms with Crippen LogP contribution in [-0.4, -0.2) is 12.3 Å². The summed E-state index contributed by atoms with van der Waals surface area (Å²) in [6, 6.07) is 6.73. The van der Waals surface area contributed by atoms with E-state index in [9.17, 15) is 4.39 Å². The Labute approximate surface area is 95.2 Å². The maximum absolute atomic E-state index is 13.0. The Hall–Kier alpha value is -0.540. The van der Waals surface area contributed by atoms with Gasteiger partial charge in [-0.2, -0.15) is 11.8 Å². The lowest BCUT2D eigenvalue weighted by Crippen LogP contribution is -2.10. The van der Waals surface area contributed by atoms with Crippen LogP contribution in [0.15, 0.2) is 24.3 Å². The fraction of sp³-hybridized carbons (Fsp3) is 0.500. The van der Waals surface area contributed by atoms with E-state index >= 15 is 0 Å². The Morgan fingerprint density at radius 2 is 2.27 bits per heavy atom. The second-order valence-electron chi connectivity index (χ2n) is 3.50. The second-order valence-corrected chi connectivity index (χ2v) is 4.81. The van der Waals surface area contributed by atoms with Crippen molar-refractivity contribution < 1.29 is 4.39 Å². The summed E-state index contributed by atoms with van der Waals surface area (Å²) in [5.74, 6) is 0.913. The fourth-order valence-electron chi connectivity index (χ4n) is 1.38. The number of halogens is 1. The van der Waals surface area contributed by atoms with Gasteiger partial charge in [-0.05, 0) is 29.9 Å². The Morgan fingerprint density at radius 3 is 2.87 bits per heavy atom. The van der Waals surface area contributed by atoms with Gasteiger partial charge in [0.05, 0.1) is 0 Å². The molecule has 1 rings (SSSR count). The highest BCUT2D eigenvalue weighted by molar-refractivity contribution is 7.99. The summed E-state index contributed by atoms with van der Waals surface area (Å²) < 4.78 is 13.0. The minimum absolute atomic E-state index is 0.179. The van der Waals surface area contributed by atoms with Crippen molar-refractivity contribution in [1.82, 2.24) is 0 Å². The van der Waals surface area contributed by atoms with Gasteiger partial charge in [-0.3, -0.25) is 0 Å².